The van der Waals surface area contributed by atoms with Gasteiger partial charge in [0, 0.05) is 13.0 Å². The molecule has 2 fully saturated rings. The van der Waals surface area contributed by atoms with E-state index in [1.54, 1.807) is 0 Å². The normalized spacial score (nSPS) is 30.7. The second kappa shape index (κ2) is 3.57. The Balaban J connectivity index is 0.000000980. The molecule has 1 N–H and O–H groups in total. The monoisotopic (exact) mass is 246 g/mol. The van der Waals surface area contributed by atoms with Crippen molar-refractivity contribution in [2.45, 2.75) is 30.4 Å². The molecule has 1 saturated carbocycles. The molecule has 1 aliphatic heterocycles. The smallest absolute Gasteiger partial charge is 0.240 e. The maximum atomic E-state index is 12.8. The molecule has 0 radical (unpaired) electrons. The van der Waals surface area contributed by atoms with Crippen LogP contribution in [0.1, 0.15) is 19.3 Å². The summed E-state index contributed by atoms with van der Waals surface area (Å²) in [5.41, 5.74) is 0. The molecule has 7 heteroatoms. The highest BCUT2D eigenvalue weighted by molar-refractivity contribution is 7.91. The van der Waals surface area contributed by atoms with Crippen LogP contribution in [-0.4, -0.2) is 32.8 Å². The summed E-state index contributed by atoms with van der Waals surface area (Å²) < 4.78 is 45.9. The summed E-state index contributed by atoms with van der Waals surface area (Å²) in [7, 11) is -2.88. The van der Waals surface area contributed by atoms with Gasteiger partial charge in [0.25, 0.3) is 5.92 Å². The van der Waals surface area contributed by atoms with Crippen molar-refractivity contribution >= 4 is 22.3 Å². The Labute approximate surface area is 88.4 Å². The minimum absolute atomic E-state index is 0. The molecule has 84 valence electrons. The van der Waals surface area contributed by atoms with E-state index in [2.05, 4.69) is 0 Å². The van der Waals surface area contributed by atoms with Crippen LogP contribution in [-0.2, 0) is 9.92 Å². The minimum atomic E-state index is -2.88. The number of hydrogen-bond donors (Lipinski definition) is 1. The molecule has 0 spiro atoms. The lowest BCUT2D eigenvalue weighted by Gasteiger charge is -2.18. The number of hydrogen-bond acceptors (Lipinski definition) is 2. The van der Waals surface area contributed by atoms with Crippen LogP contribution < -0.4 is 0 Å². The first kappa shape index (κ1) is 12.1. The Hall–Kier alpha value is 0.0600. The van der Waals surface area contributed by atoms with Crippen molar-refractivity contribution in [3.63, 3.8) is 0 Å². The van der Waals surface area contributed by atoms with Crippen molar-refractivity contribution in [3.05, 3.63) is 0 Å². The quantitative estimate of drug-likeness (QED) is 0.794. The van der Waals surface area contributed by atoms with Crippen LogP contribution in [0.25, 0.3) is 0 Å². The predicted molar refractivity (Wildman–Crippen MR) is 52.3 cm³/mol. The Kier molecular flexibility index (Phi) is 3.10. The summed E-state index contributed by atoms with van der Waals surface area (Å²) >= 11 is 0. The van der Waals surface area contributed by atoms with Gasteiger partial charge < -0.3 is 0 Å². The summed E-state index contributed by atoms with van der Waals surface area (Å²) in [6.07, 6.45) is 1.25. The van der Waals surface area contributed by atoms with E-state index in [1.807, 2.05) is 0 Å². The van der Waals surface area contributed by atoms with Crippen LogP contribution in [0.2, 0.25) is 0 Å². The summed E-state index contributed by atoms with van der Waals surface area (Å²) in [5, 5.41) is -0.151. The van der Waals surface area contributed by atoms with Gasteiger partial charge in [-0.1, -0.05) is 0 Å². The molecular weight excluding hydrogens is 234 g/mol. The zero-order valence-electron chi connectivity index (χ0n) is 7.54. The average molecular weight is 247 g/mol. The lowest BCUT2D eigenvalue weighted by Crippen LogP contribution is -2.32. The SMILES string of the molecule is Cl.N=S(=O)(C1CC1)N1CCC(F)(F)C1. The number of nitrogens with zero attached hydrogens (tertiary/aromatic N) is 1. The average Bonchev–Trinajstić information content (AvgIpc) is 2.76. The predicted octanol–water partition coefficient (Wildman–Crippen LogP) is 1.87. The van der Waals surface area contributed by atoms with E-state index in [0.29, 0.717) is 0 Å². The van der Waals surface area contributed by atoms with Crippen molar-refractivity contribution < 1.29 is 13.0 Å². The maximum absolute atomic E-state index is 12.8. The zero-order valence-corrected chi connectivity index (χ0v) is 9.17. The molecule has 0 aromatic heterocycles. The highest BCUT2D eigenvalue weighted by Crippen LogP contribution is 2.36. The molecular formula is C7H13ClF2N2OS. The molecule has 3 nitrogen and oxygen atoms in total. The largest absolute Gasteiger partial charge is 0.262 e. The number of rotatable bonds is 2. The van der Waals surface area contributed by atoms with Crippen LogP contribution >= 0.6 is 12.4 Å². The van der Waals surface area contributed by atoms with Gasteiger partial charge in [-0.25, -0.2) is 22.1 Å². The van der Waals surface area contributed by atoms with Gasteiger partial charge in [-0.15, -0.1) is 12.4 Å². The topological polar surface area (TPSA) is 44.2 Å². The molecule has 1 unspecified atom stereocenters. The van der Waals surface area contributed by atoms with Crippen LogP contribution in [0.4, 0.5) is 8.78 Å². The van der Waals surface area contributed by atoms with E-state index in [-0.39, 0.29) is 30.6 Å². The second-order valence-corrected chi connectivity index (χ2v) is 6.06. The maximum Gasteiger partial charge on any atom is 0.262 e. The molecule has 1 atom stereocenters. The third-order valence-corrected chi connectivity index (χ3v) is 4.95. The van der Waals surface area contributed by atoms with Gasteiger partial charge in [0.2, 0.25) is 0 Å². The summed E-state index contributed by atoms with van der Waals surface area (Å²) in [6, 6.07) is 0. The molecule has 0 aromatic rings. The Morgan fingerprint density at radius 1 is 1.43 bits per heavy atom. The van der Waals surface area contributed by atoms with Crippen molar-refractivity contribution in [1.82, 2.24) is 4.31 Å². The summed E-state index contributed by atoms with van der Waals surface area (Å²) in [5.74, 6) is -2.74. The fourth-order valence-electron chi connectivity index (χ4n) is 1.53. The third kappa shape index (κ3) is 2.17. The highest BCUT2D eigenvalue weighted by Gasteiger charge is 2.46. The van der Waals surface area contributed by atoms with E-state index < -0.39 is 22.4 Å². The van der Waals surface area contributed by atoms with Crippen molar-refractivity contribution in [3.8, 4) is 0 Å². The van der Waals surface area contributed by atoms with Gasteiger partial charge in [0.1, 0.15) is 9.92 Å². The Morgan fingerprint density at radius 3 is 2.36 bits per heavy atom. The lowest BCUT2D eigenvalue weighted by molar-refractivity contribution is 0.0185. The van der Waals surface area contributed by atoms with Crippen molar-refractivity contribution in [2.75, 3.05) is 13.1 Å². The minimum Gasteiger partial charge on any atom is -0.240 e. The summed E-state index contributed by atoms with van der Waals surface area (Å²) in [6.45, 7) is -0.391. The molecule has 2 aliphatic rings. The van der Waals surface area contributed by atoms with E-state index in [1.165, 1.54) is 0 Å². The second-order valence-electron chi connectivity index (χ2n) is 3.74. The zero-order chi connectivity index (χ0) is 9.69. The molecule has 0 amide bonds. The first-order valence-electron chi connectivity index (χ1n) is 4.32. The standard InChI is InChI=1S/C7H12F2N2OS.ClH/c8-7(9)3-4-11(5-7)13(10,12)6-1-2-6;/h6,10H,1-5H2;1H. The van der Waals surface area contributed by atoms with E-state index in [0.717, 1.165) is 17.1 Å². The number of nitrogens with one attached hydrogen (secondary N) is 1. The van der Waals surface area contributed by atoms with Gasteiger partial charge in [0.05, 0.1) is 11.8 Å². The lowest BCUT2D eigenvalue weighted by atomic mass is 10.3. The van der Waals surface area contributed by atoms with Gasteiger partial charge >= 0.3 is 0 Å². The number of halogens is 3. The third-order valence-electron chi connectivity index (χ3n) is 2.49. The molecule has 1 aliphatic carbocycles. The fourth-order valence-corrected chi connectivity index (χ4v) is 3.47. The molecule has 1 saturated heterocycles. The van der Waals surface area contributed by atoms with E-state index >= 15 is 0 Å². The van der Waals surface area contributed by atoms with Crippen LogP contribution in [0, 0.1) is 4.78 Å². The van der Waals surface area contributed by atoms with Crippen molar-refractivity contribution in [1.29, 1.82) is 4.78 Å². The Bertz CT molecular complexity index is 316. The molecule has 2 rings (SSSR count). The van der Waals surface area contributed by atoms with E-state index in [4.69, 9.17) is 4.78 Å². The van der Waals surface area contributed by atoms with Gasteiger partial charge in [-0.3, -0.25) is 0 Å². The van der Waals surface area contributed by atoms with Crippen LogP contribution in [0.5, 0.6) is 0 Å². The van der Waals surface area contributed by atoms with Gasteiger partial charge in [0.15, 0.2) is 0 Å². The molecule has 0 aromatic carbocycles. The van der Waals surface area contributed by atoms with Gasteiger partial charge in [-0.2, -0.15) is 0 Å². The van der Waals surface area contributed by atoms with Crippen LogP contribution in [0.3, 0.4) is 0 Å². The van der Waals surface area contributed by atoms with Crippen LogP contribution in [0.15, 0.2) is 0 Å². The van der Waals surface area contributed by atoms with E-state index in [9.17, 15) is 13.0 Å². The van der Waals surface area contributed by atoms with Crippen molar-refractivity contribution in [2.24, 2.45) is 0 Å². The Morgan fingerprint density at radius 2 is 2.00 bits per heavy atom. The fraction of sp³-hybridized carbons (Fsp3) is 1.00. The first-order valence-corrected chi connectivity index (χ1v) is 5.90. The molecule has 0 bridgehead atoms. The molecule has 14 heavy (non-hydrogen) atoms. The first-order chi connectivity index (χ1) is 5.92. The highest BCUT2D eigenvalue weighted by atomic mass is 35.5. The van der Waals surface area contributed by atoms with Gasteiger partial charge in [-0.05, 0) is 12.8 Å². The number of alkyl halides is 2. The molecule has 1 heterocycles. The summed E-state index contributed by atoms with van der Waals surface area (Å²) in [4.78, 5) is 0.